The maximum Gasteiger partial charge on any atom is 0.323 e. The summed E-state index contributed by atoms with van der Waals surface area (Å²) in [6.07, 6.45) is 0.0954. The van der Waals surface area contributed by atoms with Gasteiger partial charge in [-0.2, -0.15) is 0 Å². The van der Waals surface area contributed by atoms with Gasteiger partial charge in [0.2, 0.25) is 0 Å². The van der Waals surface area contributed by atoms with Crippen molar-refractivity contribution in [1.29, 1.82) is 0 Å². The van der Waals surface area contributed by atoms with Gasteiger partial charge in [0.15, 0.2) is 0 Å². The molecule has 110 valence electrons. The first-order valence-corrected chi connectivity index (χ1v) is 7.02. The van der Waals surface area contributed by atoms with Gasteiger partial charge in [0.05, 0.1) is 20.5 Å². The van der Waals surface area contributed by atoms with Gasteiger partial charge in [0.25, 0.3) is 5.69 Å². The lowest BCUT2D eigenvalue weighted by molar-refractivity contribution is -0.385. The van der Waals surface area contributed by atoms with E-state index in [-0.39, 0.29) is 18.7 Å². The van der Waals surface area contributed by atoms with Gasteiger partial charge in [-0.1, -0.05) is 0 Å². The normalized spacial score (nSPS) is 13.6. The molecule has 0 aliphatic heterocycles. The van der Waals surface area contributed by atoms with E-state index in [1.165, 1.54) is 19.1 Å². The Morgan fingerprint density at radius 3 is 2.40 bits per heavy atom. The number of halogens is 2. The Morgan fingerprint density at radius 2 is 2.00 bits per heavy atom. The highest BCUT2D eigenvalue weighted by Crippen LogP contribution is 2.37. The van der Waals surface area contributed by atoms with Crippen LogP contribution in [0.1, 0.15) is 13.3 Å². The van der Waals surface area contributed by atoms with Crippen LogP contribution in [0.2, 0.25) is 0 Å². The molecule has 0 aliphatic rings. The lowest BCUT2D eigenvalue weighted by Gasteiger charge is -2.19. The molecular formula is C11H12Br2N2O5. The Bertz CT molecular complexity index is 525. The van der Waals surface area contributed by atoms with Crippen molar-refractivity contribution in [2.45, 2.75) is 18.9 Å². The highest BCUT2D eigenvalue weighted by molar-refractivity contribution is 9.11. The number of nitrogens with two attached hydrogens (primary N) is 1. The molecule has 0 saturated heterocycles. The minimum absolute atomic E-state index is 0.0638. The number of hydrogen-bond donors (Lipinski definition) is 2. The molecule has 0 bridgehead atoms. The number of nitro benzene ring substituents is 1. The summed E-state index contributed by atoms with van der Waals surface area (Å²) in [7, 11) is 0. The number of nitro groups is 1. The smallest absolute Gasteiger partial charge is 0.323 e. The summed E-state index contributed by atoms with van der Waals surface area (Å²) < 4.78 is 6.22. The Kier molecular flexibility index (Phi) is 5.49. The summed E-state index contributed by atoms with van der Waals surface area (Å²) in [4.78, 5) is 21.0. The van der Waals surface area contributed by atoms with E-state index in [9.17, 15) is 14.9 Å². The number of ether oxygens (including phenoxy) is 1. The van der Waals surface area contributed by atoms with Crippen LogP contribution in [0.15, 0.2) is 21.1 Å². The van der Waals surface area contributed by atoms with Crippen LogP contribution in [-0.4, -0.2) is 28.1 Å². The third-order valence-corrected chi connectivity index (χ3v) is 3.73. The van der Waals surface area contributed by atoms with Gasteiger partial charge in [-0.05, 0) is 38.8 Å². The molecule has 0 aromatic heterocycles. The number of nitrogens with zero attached hydrogens (tertiary/aromatic N) is 1. The van der Waals surface area contributed by atoms with E-state index in [4.69, 9.17) is 15.6 Å². The molecule has 0 radical (unpaired) electrons. The predicted octanol–water partition coefficient (Wildman–Crippen LogP) is 2.69. The molecule has 0 heterocycles. The largest absolute Gasteiger partial charge is 0.491 e. The minimum Gasteiger partial charge on any atom is -0.491 e. The van der Waals surface area contributed by atoms with Crippen LogP contribution in [0, 0.1) is 10.1 Å². The van der Waals surface area contributed by atoms with Crippen LogP contribution in [0.4, 0.5) is 5.69 Å². The lowest BCUT2D eigenvalue weighted by atomic mass is 10.0. The van der Waals surface area contributed by atoms with E-state index in [2.05, 4.69) is 31.9 Å². The molecule has 0 amide bonds. The molecule has 3 N–H and O–H groups in total. The molecule has 0 fully saturated rings. The summed E-state index contributed by atoms with van der Waals surface area (Å²) >= 11 is 6.34. The number of rotatable bonds is 6. The fourth-order valence-electron chi connectivity index (χ4n) is 1.26. The Hall–Kier alpha value is -1.19. The molecule has 1 aromatic carbocycles. The molecular weight excluding hydrogens is 400 g/mol. The Labute approximate surface area is 131 Å². The average Bonchev–Trinajstić information content (AvgIpc) is 2.31. The minimum atomic E-state index is -1.39. The number of aliphatic carboxylic acids is 1. The van der Waals surface area contributed by atoms with Gasteiger partial charge in [-0.3, -0.25) is 14.9 Å². The second-order valence-electron chi connectivity index (χ2n) is 4.32. The van der Waals surface area contributed by atoms with Crippen molar-refractivity contribution in [2.24, 2.45) is 5.73 Å². The van der Waals surface area contributed by atoms with E-state index >= 15 is 0 Å². The number of carboxylic acids is 1. The third-order valence-electron chi connectivity index (χ3n) is 2.55. The summed E-state index contributed by atoms with van der Waals surface area (Å²) in [5, 5.41) is 19.5. The van der Waals surface area contributed by atoms with Gasteiger partial charge in [-0.15, -0.1) is 0 Å². The standard InChI is InChI=1S/C11H12Br2N2O5/c1-11(14,10(16)17)2-3-20-9-7(12)4-6(15(18)19)5-8(9)13/h4-5H,2-3,14H2,1H3,(H,16,17). The van der Waals surface area contributed by atoms with E-state index in [1.54, 1.807) is 0 Å². The van der Waals surface area contributed by atoms with Gasteiger partial charge in [0.1, 0.15) is 11.3 Å². The van der Waals surface area contributed by atoms with Gasteiger partial charge in [-0.25, -0.2) is 0 Å². The number of benzene rings is 1. The fourth-order valence-corrected chi connectivity index (χ4v) is 2.65. The van der Waals surface area contributed by atoms with Crippen molar-refractivity contribution < 1.29 is 19.6 Å². The van der Waals surface area contributed by atoms with Crippen LogP contribution in [0.25, 0.3) is 0 Å². The van der Waals surface area contributed by atoms with E-state index in [1.807, 2.05) is 0 Å². The molecule has 1 atom stereocenters. The zero-order chi connectivity index (χ0) is 15.5. The molecule has 7 nitrogen and oxygen atoms in total. The first-order valence-electron chi connectivity index (χ1n) is 5.43. The highest BCUT2D eigenvalue weighted by Gasteiger charge is 2.28. The molecule has 0 saturated carbocycles. The quantitative estimate of drug-likeness (QED) is 0.549. The van der Waals surface area contributed by atoms with Crippen LogP contribution >= 0.6 is 31.9 Å². The summed E-state index contributed by atoms with van der Waals surface area (Å²) in [5.74, 6) is -0.764. The van der Waals surface area contributed by atoms with Crippen molar-refractivity contribution in [3.63, 3.8) is 0 Å². The van der Waals surface area contributed by atoms with Crippen molar-refractivity contribution in [3.8, 4) is 5.75 Å². The van der Waals surface area contributed by atoms with Crippen molar-refractivity contribution in [2.75, 3.05) is 6.61 Å². The maximum atomic E-state index is 10.8. The van der Waals surface area contributed by atoms with E-state index in [0.29, 0.717) is 14.7 Å². The maximum absolute atomic E-state index is 10.8. The predicted molar refractivity (Wildman–Crippen MR) is 78.8 cm³/mol. The summed E-state index contributed by atoms with van der Waals surface area (Å²) in [5.41, 5.74) is 4.09. The summed E-state index contributed by atoms with van der Waals surface area (Å²) in [6.45, 7) is 1.45. The Morgan fingerprint density at radius 1 is 1.50 bits per heavy atom. The second kappa shape index (κ2) is 6.51. The van der Waals surface area contributed by atoms with Crippen molar-refractivity contribution in [1.82, 2.24) is 0 Å². The van der Waals surface area contributed by atoms with Gasteiger partial charge < -0.3 is 15.6 Å². The molecule has 20 heavy (non-hydrogen) atoms. The zero-order valence-corrected chi connectivity index (χ0v) is 13.6. The monoisotopic (exact) mass is 410 g/mol. The zero-order valence-electron chi connectivity index (χ0n) is 10.4. The molecule has 1 unspecified atom stereocenters. The fraction of sp³-hybridized carbons (Fsp3) is 0.364. The topological polar surface area (TPSA) is 116 Å². The molecule has 9 heteroatoms. The third kappa shape index (κ3) is 4.15. The number of non-ortho nitro benzene ring substituents is 1. The molecule has 1 aromatic rings. The van der Waals surface area contributed by atoms with Crippen LogP contribution in [-0.2, 0) is 4.79 Å². The van der Waals surface area contributed by atoms with Crippen LogP contribution < -0.4 is 10.5 Å². The van der Waals surface area contributed by atoms with E-state index < -0.39 is 16.4 Å². The first kappa shape index (κ1) is 16.9. The van der Waals surface area contributed by atoms with Gasteiger partial charge in [0, 0.05) is 18.6 Å². The number of hydrogen-bond acceptors (Lipinski definition) is 5. The number of carboxylic acid groups (broad SMARTS) is 1. The van der Waals surface area contributed by atoms with Crippen molar-refractivity contribution >= 4 is 43.5 Å². The van der Waals surface area contributed by atoms with Gasteiger partial charge >= 0.3 is 5.97 Å². The Balaban J connectivity index is 2.80. The number of carbonyl (C=O) groups is 1. The van der Waals surface area contributed by atoms with E-state index in [0.717, 1.165) is 0 Å². The average molecular weight is 412 g/mol. The first-order chi connectivity index (χ1) is 9.15. The van der Waals surface area contributed by atoms with Crippen molar-refractivity contribution in [3.05, 3.63) is 31.2 Å². The van der Waals surface area contributed by atoms with Crippen LogP contribution in [0.3, 0.4) is 0 Å². The lowest BCUT2D eigenvalue weighted by Crippen LogP contribution is -2.45. The highest BCUT2D eigenvalue weighted by atomic mass is 79.9. The molecule has 0 spiro atoms. The second-order valence-corrected chi connectivity index (χ2v) is 6.03. The summed E-state index contributed by atoms with van der Waals surface area (Å²) in [6, 6.07) is 2.61. The molecule has 0 aliphatic carbocycles. The van der Waals surface area contributed by atoms with Crippen LogP contribution in [0.5, 0.6) is 5.75 Å². The molecule has 1 rings (SSSR count). The SMILES string of the molecule is CC(N)(CCOc1c(Br)cc([N+](=O)[O-])cc1Br)C(=O)O.